The molecular weight excluding hydrogens is 258 g/mol. The van der Waals surface area contributed by atoms with E-state index in [-0.39, 0.29) is 30.9 Å². The zero-order valence-corrected chi connectivity index (χ0v) is 11.6. The quantitative estimate of drug-likeness (QED) is 0.613. The third-order valence-corrected chi connectivity index (χ3v) is 2.52. The van der Waals surface area contributed by atoms with Crippen molar-refractivity contribution in [3.63, 3.8) is 0 Å². The molecule has 4 N–H and O–H groups in total. The maximum atomic E-state index is 11.5. The van der Waals surface area contributed by atoms with E-state index in [0.29, 0.717) is 13.2 Å². The van der Waals surface area contributed by atoms with E-state index in [1.807, 2.05) is 37.3 Å². The average molecular weight is 279 g/mol. The summed E-state index contributed by atoms with van der Waals surface area (Å²) in [5.41, 5.74) is 6.20. The van der Waals surface area contributed by atoms with Crippen LogP contribution in [-0.2, 0) is 20.9 Å². The van der Waals surface area contributed by atoms with Gasteiger partial charge in [0.05, 0.1) is 26.3 Å². The Balaban J connectivity index is 2.15. The maximum absolute atomic E-state index is 11.5. The van der Waals surface area contributed by atoms with E-state index in [1.165, 1.54) is 0 Å². The van der Waals surface area contributed by atoms with Gasteiger partial charge in [0, 0.05) is 6.04 Å². The molecule has 0 bridgehead atoms. The van der Waals surface area contributed by atoms with E-state index >= 15 is 0 Å². The number of nitrogens with one attached hydrogen (secondary N) is 2. The SMILES string of the molecule is CC(COCc1ccccc1)NC(=O)CNC(=O)CN. The Hall–Kier alpha value is -1.92. The van der Waals surface area contributed by atoms with Crippen molar-refractivity contribution in [2.45, 2.75) is 19.6 Å². The normalized spacial score (nSPS) is 11.7. The van der Waals surface area contributed by atoms with Crippen molar-refractivity contribution in [1.82, 2.24) is 10.6 Å². The monoisotopic (exact) mass is 279 g/mol. The summed E-state index contributed by atoms with van der Waals surface area (Å²) in [6.45, 7) is 2.56. The van der Waals surface area contributed by atoms with Crippen molar-refractivity contribution in [3.8, 4) is 0 Å². The number of carbonyl (C=O) groups is 2. The lowest BCUT2D eigenvalue weighted by molar-refractivity contribution is -0.125. The van der Waals surface area contributed by atoms with E-state index in [1.54, 1.807) is 0 Å². The number of nitrogens with two attached hydrogens (primary N) is 1. The van der Waals surface area contributed by atoms with E-state index < -0.39 is 0 Å². The van der Waals surface area contributed by atoms with Gasteiger partial charge in [-0.3, -0.25) is 9.59 Å². The minimum absolute atomic E-state index is 0.0704. The van der Waals surface area contributed by atoms with Gasteiger partial charge in [-0.2, -0.15) is 0 Å². The fraction of sp³-hybridized carbons (Fsp3) is 0.429. The summed E-state index contributed by atoms with van der Waals surface area (Å²) in [5.74, 6) is -0.615. The lowest BCUT2D eigenvalue weighted by Gasteiger charge is -2.14. The molecule has 0 fully saturated rings. The number of ether oxygens (including phenoxy) is 1. The number of hydrogen-bond donors (Lipinski definition) is 3. The molecule has 2 amide bonds. The van der Waals surface area contributed by atoms with Crippen LogP contribution in [0.5, 0.6) is 0 Å². The van der Waals surface area contributed by atoms with Gasteiger partial charge in [0.2, 0.25) is 11.8 Å². The predicted octanol–water partition coefficient (Wildman–Crippen LogP) is -0.217. The van der Waals surface area contributed by atoms with Gasteiger partial charge in [0.1, 0.15) is 0 Å². The predicted molar refractivity (Wildman–Crippen MR) is 75.8 cm³/mol. The topological polar surface area (TPSA) is 93.5 Å². The first kappa shape index (κ1) is 16.1. The van der Waals surface area contributed by atoms with Crippen LogP contribution >= 0.6 is 0 Å². The molecule has 0 aliphatic carbocycles. The van der Waals surface area contributed by atoms with Crippen LogP contribution in [0.4, 0.5) is 0 Å². The fourth-order valence-electron chi connectivity index (χ4n) is 1.55. The van der Waals surface area contributed by atoms with Crippen LogP contribution in [0.3, 0.4) is 0 Å². The second-order valence-electron chi connectivity index (χ2n) is 4.45. The smallest absolute Gasteiger partial charge is 0.239 e. The van der Waals surface area contributed by atoms with Gasteiger partial charge in [-0.05, 0) is 12.5 Å². The molecular formula is C14H21N3O3. The highest BCUT2D eigenvalue weighted by Crippen LogP contribution is 2.00. The first-order chi connectivity index (χ1) is 9.61. The van der Waals surface area contributed by atoms with Gasteiger partial charge in [-0.1, -0.05) is 30.3 Å². The Morgan fingerprint density at radius 1 is 1.25 bits per heavy atom. The molecule has 0 aliphatic heterocycles. The summed E-state index contributed by atoms with van der Waals surface area (Å²) >= 11 is 0. The zero-order chi connectivity index (χ0) is 14.8. The molecule has 1 rings (SSSR count). The summed E-state index contributed by atoms with van der Waals surface area (Å²) in [6, 6.07) is 9.67. The molecule has 6 nitrogen and oxygen atoms in total. The Morgan fingerprint density at radius 3 is 2.60 bits per heavy atom. The highest BCUT2D eigenvalue weighted by molar-refractivity contribution is 5.85. The second kappa shape index (κ2) is 9.06. The Bertz CT molecular complexity index is 423. The van der Waals surface area contributed by atoms with Gasteiger partial charge < -0.3 is 21.1 Å². The van der Waals surface area contributed by atoms with Gasteiger partial charge in [0.15, 0.2) is 0 Å². The van der Waals surface area contributed by atoms with Crippen LogP contribution in [-0.4, -0.2) is 37.6 Å². The van der Waals surface area contributed by atoms with E-state index in [2.05, 4.69) is 10.6 Å². The molecule has 1 unspecified atom stereocenters. The van der Waals surface area contributed by atoms with Crippen molar-refractivity contribution < 1.29 is 14.3 Å². The summed E-state index contributed by atoms with van der Waals surface area (Å²) in [5, 5.41) is 5.13. The third-order valence-electron chi connectivity index (χ3n) is 2.52. The molecule has 0 aromatic heterocycles. The minimum atomic E-state index is -0.354. The molecule has 20 heavy (non-hydrogen) atoms. The van der Waals surface area contributed by atoms with Crippen molar-refractivity contribution in [2.24, 2.45) is 5.73 Å². The molecule has 1 aromatic rings. The van der Waals surface area contributed by atoms with Crippen LogP contribution in [0, 0.1) is 0 Å². The molecule has 1 atom stereocenters. The summed E-state index contributed by atoms with van der Waals surface area (Å²) in [7, 11) is 0. The number of rotatable bonds is 8. The molecule has 0 radical (unpaired) electrons. The van der Waals surface area contributed by atoms with Crippen molar-refractivity contribution in [2.75, 3.05) is 19.7 Å². The van der Waals surface area contributed by atoms with Crippen molar-refractivity contribution >= 4 is 11.8 Å². The zero-order valence-electron chi connectivity index (χ0n) is 11.6. The third kappa shape index (κ3) is 6.86. The molecule has 0 saturated heterocycles. The second-order valence-corrected chi connectivity index (χ2v) is 4.45. The Labute approximate surface area is 118 Å². The first-order valence-electron chi connectivity index (χ1n) is 6.49. The molecule has 110 valence electrons. The Kier molecular flexibility index (Phi) is 7.31. The van der Waals surface area contributed by atoms with Crippen molar-refractivity contribution in [1.29, 1.82) is 0 Å². The maximum Gasteiger partial charge on any atom is 0.239 e. The van der Waals surface area contributed by atoms with E-state index in [9.17, 15) is 9.59 Å². The van der Waals surface area contributed by atoms with Crippen LogP contribution in [0.1, 0.15) is 12.5 Å². The summed E-state index contributed by atoms with van der Waals surface area (Å²) in [4.78, 5) is 22.4. The Morgan fingerprint density at radius 2 is 1.95 bits per heavy atom. The fourth-order valence-corrected chi connectivity index (χ4v) is 1.55. The first-order valence-corrected chi connectivity index (χ1v) is 6.49. The van der Waals surface area contributed by atoms with Gasteiger partial charge in [0.25, 0.3) is 0 Å². The van der Waals surface area contributed by atoms with E-state index in [4.69, 9.17) is 10.5 Å². The highest BCUT2D eigenvalue weighted by atomic mass is 16.5. The number of carbonyl (C=O) groups excluding carboxylic acids is 2. The molecule has 0 aliphatic rings. The lowest BCUT2D eigenvalue weighted by atomic mass is 10.2. The summed E-state index contributed by atoms with van der Waals surface area (Å²) in [6.07, 6.45) is 0. The number of amides is 2. The lowest BCUT2D eigenvalue weighted by Crippen LogP contribution is -2.43. The summed E-state index contributed by atoms with van der Waals surface area (Å²) < 4.78 is 5.51. The van der Waals surface area contributed by atoms with Gasteiger partial charge in [-0.15, -0.1) is 0 Å². The molecule has 0 saturated carbocycles. The van der Waals surface area contributed by atoms with Crippen LogP contribution in [0.25, 0.3) is 0 Å². The molecule has 0 spiro atoms. The minimum Gasteiger partial charge on any atom is -0.375 e. The van der Waals surface area contributed by atoms with Crippen LogP contribution in [0.2, 0.25) is 0 Å². The van der Waals surface area contributed by atoms with Gasteiger partial charge >= 0.3 is 0 Å². The largest absolute Gasteiger partial charge is 0.375 e. The van der Waals surface area contributed by atoms with Crippen LogP contribution in [0.15, 0.2) is 30.3 Å². The average Bonchev–Trinajstić information content (AvgIpc) is 2.45. The molecule has 6 heteroatoms. The molecule has 1 aromatic carbocycles. The highest BCUT2D eigenvalue weighted by Gasteiger charge is 2.08. The van der Waals surface area contributed by atoms with E-state index in [0.717, 1.165) is 5.56 Å². The number of hydrogen-bond acceptors (Lipinski definition) is 4. The number of benzene rings is 1. The van der Waals surface area contributed by atoms with Crippen LogP contribution < -0.4 is 16.4 Å². The standard InChI is InChI=1S/C14H21N3O3/c1-11(17-14(19)8-16-13(18)7-15)9-20-10-12-5-3-2-4-6-12/h2-6,11H,7-10,15H2,1H3,(H,16,18)(H,17,19). The van der Waals surface area contributed by atoms with Crippen molar-refractivity contribution in [3.05, 3.63) is 35.9 Å². The van der Waals surface area contributed by atoms with Gasteiger partial charge in [-0.25, -0.2) is 0 Å². The molecule has 0 heterocycles.